The number of ether oxygens (including phenoxy) is 1. The number of benzene rings is 2. The zero-order chi connectivity index (χ0) is 25.2. The van der Waals surface area contributed by atoms with Crippen molar-refractivity contribution in [2.75, 3.05) is 6.61 Å². The van der Waals surface area contributed by atoms with Gasteiger partial charge in [-0.1, -0.05) is 69.3 Å². The first-order chi connectivity index (χ1) is 16.6. The quantitative estimate of drug-likeness (QED) is 0.535. The average Bonchev–Trinajstić information content (AvgIpc) is 3.37. The minimum Gasteiger partial charge on any atom is -0.480 e. The van der Waals surface area contributed by atoms with E-state index in [1.807, 2.05) is 24.3 Å². The van der Waals surface area contributed by atoms with Crippen LogP contribution < -0.4 is 10.6 Å². The molecule has 4 rings (SSSR count). The van der Waals surface area contributed by atoms with E-state index in [-0.39, 0.29) is 36.8 Å². The molecule has 0 saturated heterocycles. The maximum absolute atomic E-state index is 12.6. The number of carboxylic acid groups (broad SMARTS) is 1. The highest BCUT2D eigenvalue weighted by atomic mass is 16.5. The highest BCUT2D eigenvalue weighted by Crippen LogP contribution is 2.44. The standard InChI is InChI=1S/C28H34N2O5/c1-28(2,3)25(26(32)33)30-24(31)15-17-12-13-18(14-17)29-27(34)35-16-23-21-10-6-4-8-19(21)20-9-5-7-11-22(20)23/h4-11,17-18,23,25H,12-16H2,1-3H3,(H,29,34)(H,30,31)(H,32,33)/t17-,18+,25?/m1/s1. The molecule has 0 spiro atoms. The van der Waals surface area contributed by atoms with E-state index < -0.39 is 23.5 Å². The van der Waals surface area contributed by atoms with Crippen molar-refractivity contribution < 1.29 is 24.2 Å². The predicted octanol–water partition coefficient (Wildman–Crippen LogP) is 4.70. The molecular weight excluding hydrogens is 444 g/mol. The fourth-order valence-corrected chi connectivity index (χ4v) is 5.33. The van der Waals surface area contributed by atoms with Gasteiger partial charge in [0.15, 0.2) is 0 Å². The van der Waals surface area contributed by atoms with E-state index in [0.29, 0.717) is 6.42 Å². The van der Waals surface area contributed by atoms with Crippen LogP contribution in [0.15, 0.2) is 48.5 Å². The highest BCUT2D eigenvalue weighted by Gasteiger charge is 2.35. The molecule has 2 aliphatic rings. The zero-order valence-electron chi connectivity index (χ0n) is 20.5. The summed E-state index contributed by atoms with van der Waals surface area (Å²) < 4.78 is 5.64. The topological polar surface area (TPSA) is 105 Å². The van der Waals surface area contributed by atoms with Gasteiger partial charge in [-0.05, 0) is 52.8 Å². The Morgan fingerprint density at radius 1 is 1.00 bits per heavy atom. The van der Waals surface area contributed by atoms with Gasteiger partial charge in [-0.15, -0.1) is 0 Å². The molecule has 1 unspecified atom stereocenters. The van der Waals surface area contributed by atoms with Crippen LogP contribution in [0.25, 0.3) is 11.1 Å². The Morgan fingerprint density at radius 3 is 2.17 bits per heavy atom. The summed E-state index contributed by atoms with van der Waals surface area (Å²) in [7, 11) is 0. The second-order valence-electron chi connectivity index (χ2n) is 10.8. The van der Waals surface area contributed by atoms with E-state index in [2.05, 4.69) is 34.9 Å². The molecule has 2 aromatic rings. The number of rotatable bonds is 7. The van der Waals surface area contributed by atoms with Gasteiger partial charge >= 0.3 is 12.1 Å². The Morgan fingerprint density at radius 2 is 1.60 bits per heavy atom. The van der Waals surface area contributed by atoms with Crippen molar-refractivity contribution in [3.8, 4) is 11.1 Å². The van der Waals surface area contributed by atoms with Crippen LogP contribution in [0.5, 0.6) is 0 Å². The molecule has 3 atom stereocenters. The van der Waals surface area contributed by atoms with Crippen LogP contribution in [0.3, 0.4) is 0 Å². The van der Waals surface area contributed by atoms with Gasteiger partial charge in [-0.25, -0.2) is 9.59 Å². The van der Waals surface area contributed by atoms with Crippen molar-refractivity contribution in [3.63, 3.8) is 0 Å². The monoisotopic (exact) mass is 478 g/mol. The first-order valence-electron chi connectivity index (χ1n) is 12.3. The van der Waals surface area contributed by atoms with Crippen LogP contribution in [0, 0.1) is 11.3 Å². The van der Waals surface area contributed by atoms with Gasteiger partial charge in [0.05, 0.1) is 0 Å². The Bertz CT molecular complexity index is 1060. The first kappa shape index (κ1) is 24.8. The van der Waals surface area contributed by atoms with Gasteiger partial charge < -0.3 is 20.5 Å². The zero-order valence-corrected chi connectivity index (χ0v) is 20.5. The van der Waals surface area contributed by atoms with Crippen LogP contribution in [0.1, 0.15) is 63.5 Å². The lowest BCUT2D eigenvalue weighted by Crippen LogP contribution is -2.49. The van der Waals surface area contributed by atoms with Crippen molar-refractivity contribution in [2.24, 2.45) is 11.3 Å². The number of aliphatic carboxylic acids is 1. The normalized spacial score (nSPS) is 20.0. The number of amides is 2. The molecule has 0 heterocycles. The molecule has 3 N–H and O–H groups in total. The molecule has 2 amide bonds. The molecule has 0 radical (unpaired) electrons. The summed E-state index contributed by atoms with van der Waals surface area (Å²) >= 11 is 0. The van der Waals surface area contributed by atoms with Crippen molar-refractivity contribution in [3.05, 3.63) is 59.7 Å². The summed E-state index contributed by atoms with van der Waals surface area (Å²) in [6.07, 6.45) is 2.05. The first-order valence-corrected chi connectivity index (χ1v) is 12.3. The lowest BCUT2D eigenvalue weighted by Gasteiger charge is -2.28. The second kappa shape index (κ2) is 10.1. The van der Waals surface area contributed by atoms with Crippen molar-refractivity contribution in [1.29, 1.82) is 0 Å². The van der Waals surface area contributed by atoms with Crippen LogP contribution in [-0.2, 0) is 14.3 Å². The number of nitrogens with one attached hydrogen (secondary N) is 2. The number of hydrogen-bond acceptors (Lipinski definition) is 4. The Balaban J connectivity index is 1.26. The van der Waals surface area contributed by atoms with Gasteiger partial charge in [0.1, 0.15) is 12.6 Å². The summed E-state index contributed by atoms with van der Waals surface area (Å²) in [4.78, 5) is 36.5. The summed E-state index contributed by atoms with van der Waals surface area (Å²) in [5, 5.41) is 15.0. The summed E-state index contributed by atoms with van der Waals surface area (Å²) in [6, 6.07) is 15.4. The number of carbonyl (C=O) groups is 3. The minimum absolute atomic E-state index is 0.0122. The van der Waals surface area contributed by atoms with Gasteiger partial charge in [-0.3, -0.25) is 4.79 Å². The molecule has 35 heavy (non-hydrogen) atoms. The number of alkyl carbamates (subject to hydrolysis) is 1. The maximum Gasteiger partial charge on any atom is 0.407 e. The molecule has 7 heteroatoms. The van der Waals surface area contributed by atoms with Crippen LogP contribution in [-0.4, -0.2) is 41.8 Å². The number of hydrogen-bond donors (Lipinski definition) is 3. The lowest BCUT2D eigenvalue weighted by molar-refractivity contribution is -0.145. The molecule has 7 nitrogen and oxygen atoms in total. The molecule has 0 aliphatic heterocycles. The highest BCUT2D eigenvalue weighted by molar-refractivity contribution is 5.84. The van der Waals surface area contributed by atoms with Gasteiger partial charge in [0, 0.05) is 18.4 Å². The molecule has 0 aromatic heterocycles. The van der Waals surface area contributed by atoms with E-state index in [1.54, 1.807) is 20.8 Å². The van der Waals surface area contributed by atoms with Gasteiger partial charge in [-0.2, -0.15) is 0 Å². The third-order valence-electron chi connectivity index (χ3n) is 7.10. The molecule has 0 bridgehead atoms. The summed E-state index contributed by atoms with van der Waals surface area (Å²) in [5.74, 6) is -1.19. The van der Waals surface area contributed by atoms with E-state index in [4.69, 9.17) is 4.74 Å². The van der Waals surface area contributed by atoms with Crippen LogP contribution in [0.2, 0.25) is 0 Å². The third-order valence-corrected chi connectivity index (χ3v) is 7.10. The minimum atomic E-state index is -1.04. The van der Waals surface area contributed by atoms with E-state index in [9.17, 15) is 19.5 Å². The van der Waals surface area contributed by atoms with Crippen molar-refractivity contribution in [1.82, 2.24) is 10.6 Å². The fraction of sp³-hybridized carbons (Fsp3) is 0.464. The Hall–Kier alpha value is -3.35. The largest absolute Gasteiger partial charge is 0.480 e. The third kappa shape index (κ3) is 5.66. The summed E-state index contributed by atoms with van der Waals surface area (Å²) in [6.45, 7) is 5.63. The fourth-order valence-electron chi connectivity index (χ4n) is 5.33. The number of carboxylic acids is 1. The van der Waals surface area contributed by atoms with E-state index in [1.165, 1.54) is 22.3 Å². The molecule has 186 valence electrons. The number of fused-ring (bicyclic) bond motifs is 3. The Labute approximate surface area is 206 Å². The number of carbonyl (C=O) groups excluding carboxylic acids is 2. The van der Waals surface area contributed by atoms with Gasteiger partial charge in [0.2, 0.25) is 5.91 Å². The molecular formula is C28H34N2O5. The lowest BCUT2D eigenvalue weighted by atomic mass is 9.86. The van der Waals surface area contributed by atoms with Crippen LogP contribution >= 0.6 is 0 Å². The maximum atomic E-state index is 12.6. The molecule has 2 aromatic carbocycles. The molecule has 1 fully saturated rings. The van der Waals surface area contributed by atoms with E-state index in [0.717, 1.165) is 12.8 Å². The van der Waals surface area contributed by atoms with Gasteiger partial charge in [0.25, 0.3) is 0 Å². The molecule has 2 aliphatic carbocycles. The predicted molar refractivity (Wildman–Crippen MR) is 133 cm³/mol. The molecule has 1 saturated carbocycles. The summed E-state index contributed by atoms with van der Waals surface area (Å²) in [5.41, 5.74) is 4.13. The average molecular weight is 479 g/mol. The smallest absolute Gasteiger partial charge is 0.407 e. The van der Waals surface area contributed by atoms with E-state index >= 15 is 0 Å². The van der Waals surface area contributed by atoms with Crippen molar-refractivity contribution in [2.45, 2.75) is 64.5 Å². The van der Waals surface area contributed by atoms with Crippen LogP contribution in [0.4, 0.5) is 4.79 Å². The Kier molecular flexibility index (Phi) is 7.15. The van der Waals surface area contributed by atoms with Crippen molar-refractivity contribution >= 4 is 18.0 Å². The second-order valence-corrected chi connectivity index (χ2v) is 10.8. The SMILES string of the molecule is CC(C)(C)C(NC(=O)C[C@@H]1CC[C@H](NC(=O)OCC2c3ccccc3-c3ccccc32)C1)C(=O)O.